The molecule has 0 fully saturated rings. The van der Waals surface area contributed by atoms with Gasteiger partial charge in [-0.2, -0.15) is 5.10 Å². The second-order valence-electron chi connectivity index (χ2n) is 6.04. The SMILES string of the molecule is Cc1cc(C)c2c(c1)-c1oc(=O)c3c(N)nn(C)c3c1CC2. The lowest BCUT2D eigenvalue weighted by Gasteiger charge is -2.21. The second kappa shape index (κ2) is 4.22. The fourth-order valence-corrected chi connectivity index (χ4v) is 3.64. The van der Waals surface area contributed by atoms with Crippen LogP contribution in [0.5, 0.6) is 0 Å². The molecule has 4 rings (SSSR count). The van der Waals surface area contributed by atoms with Crippen molar-refractivity contribution in [3.8, 4) is 11.3 Å². The van der Waals surface area contributed by atoms with Crippen LogP contribution in [0.25, 0.3) is 22.2 Å². The molecule has 5 heteroatoms. The van der Waals surface area contributed by atoms with Gasteiger partial charge in [-0.3, -0.25) is 4.68 Å². The summed E-state index contributed by atoms with van der Waals surface area (Å²) in [6.07, 6.45) is 1.76. The lowest BCUT2D eigenvalue weighted by atomic mass is 9.85. The van der Waals surface area contributed by atoms with Crippen molar-refractivity contribution in [3.63, 3.8) is 0 Å². The number of hydrogen-bond acceptors (Lipinski definition) is 4. The van der Waals surface area contributed by atoms with Crippen LogP contribution in [0.2, 0.25) is 0 Å². The first-order chi connectivity index (χ1) is 10.5. The minimum Gasteiger partial charge on any atom is -0.422 e. The van der Waals surface area contributed by atoms with Gasteiger partial charge in [-0.1, -0.05) is 11.6 Å². The number of anilines is 1. The molecule has 2 heterocycles. The van der Waals surface area contributed by atoms with Crippen LogP contribution in [0, 0.1) is 13.8 Å². The number of rotatable bonds is 0. The van der Waals surface area contributed by atoms with Gasteiger partial charge >= 0.3 is 5.63 Å². The molecule has 3 aromatic rings. The third kappa shape index (κ3) is 1.59. The lowest BCUT2D eigenvalue weighted by molar-refractivity contribution is 0.524. The molecule has 2 aromatic heterocycles. The number of hydrogen-bond donors (Lipinski definition) is 1. The van der Waals surface area contributed by atoms with E-state index >= 15 is 0 Å². The summed E-state index contributed by atoms with van der Waals surface area (Å²) in [4.78, 5) is 12.4. The molecule has 1 aliphatic rings. The van der Waals surface area contributed by atoms with Crippen LogP contribution in [0.4, 0.5) is 5.82 Å². The molecule has 0 atom stereocenters. The first-order valence-electron chi connectivity index (χ1n) is 7.36. The molecule has 0 saturated carbocycles. The average Bonchev–Trinajstić information content (AvgIpc) is 2.75. The molecule has 0 spiro atoms. The highest BCUT2D eigenvalue weighted by Crippen LogP contribution is 2.38. The Balaban J connectivity index is 2.17. The highest BCUT2D eigenvalue weighted by molar-refractivity contribution is 5.94. The molecule has 2 N–H and O–H groups in total. The first-order valence-corrected chi connectivity index (χ1v) is 7.36. The molecule has 1 aromatic carbocycles. The van der Waals surface area contributed by atoms with Gasteiger partial charge in [-0.25, -0.2) is 4.79 Å². The maximum Gasteiger partial charge on any atom is 0.349 e. The van der Waals surface area contributed by atoms with E-state index in [4.69, 9.17) is 10.2 Å². The number of nitrogen functional groups attached to an aromatic ring is 1. The third-order valence-electron chi connectivity index (χ3n) is 4.52. The van der Waals surface area contributed by atoms with Crippen LogP contribution in [0.3, 0.4) is 0 Å². The number of aromatic nitrogens is 2. The van der Waals surface area contributed by atoms with Crippen LogP contribution in [-0.2, 0) is 19.9 Å². The fourth-order valence-electron chi connectivity index (χ4n) is 3.64. The molecular weight excluding hydrogens is 278 g/mol. The summed E-state index contributed by atoms with van der Waals surface area (Å²) in [5.41, 5.74) is 12.0. The number of nitrogens with two attached hydrogens (primary N) is 1. The molecule has 5 nitrogen and oxygen atoms in total. The summed E-state index contributed by atoms with van der Waals surface area (Å²) in [5.74, 6) is 0.911. The van der Waals surface area contributed by atoms with Crippen molar-refractivity contribution < 1.29 is 4.42 Å². The summed E-state index contributed by atoms with van der Waals surface area (Å²) < 4.78 is 7.34. The standard InChI is InChI=1S/C17H17N3O2/c1-8-6-9(2)10-4-5-11-14-13(16(18)19-20(14)3)17(21)22-15(11)12(10)7-8/h6-7H,4-5H2,1-3H3,(H2,18,19). The van der Waals surface area contributed by atoms with Crippen molar-refractivity contribution in [1.29, 1.82) is 0 Å². The van der Waals surface area contributed by atoms with Gasteiger partial charge in [-0.15, -0.1) is 0 Å². The fraction of sp³-hybridized carbons (Fsp3) is 0.294. The Bertz CT molecular complexity index is 996. The Kier molecular flexibility index (Phi) is 2.52. The van der Waals surface area contributed by atoms with E-state index in [-0.39, 0.29) is 5.82 Å². The second-order valence-corrected chi connectivity index (χ2v) is 6.04. The summed E-state index contributed by atoms with van der Waals surface area (Å²) in [5, 5.41) is 4.58. The summed E-state index contributed by atoms with van der Waals surface area (Å²) in [6.45, 7) is 4.16. The molecule has 0 aliphatic heterocycles. The van der Waals surface area contributed by atoms with E-state index in [9.17, 15) is 4.79 Å². The Morgan fingerprint density at radius 2 is 1.95 bits per heavy atom. The average molecular weight is 295 g/mol. The van der Waals surface area contributed by atoms with E-state index in [1.165, 1.54) is 11.1 Å². The summed E-state index contributed by atoms with van der Waals surface area (Å²) in [6, 6.07) is 4.26. The number of fused-ring (bicyclic) bond motifs is 5. The van der Waals surface area contributed by atoms with E-state index in [1.54, 1.807) is 4.68 Å². The Hall–Kier alpha value is -2.56. The number of aryl methyl sites for hydroxylation is 4. The van der Waals surface area contributed by atoms with Crippen LogP contribution < -0.4 is 11.4 Å². The Morgan fingerprint density at radius 3 is 2.73 bits per heavy atom. The zero-order chi connectivity index (χ0) is 15.6. The van der Waals surface area contributed by atoms with Crippen LogP contribution >= 0.6 is 0 Å². The minimum absolute atomic E-state index is 0.236. The molecule has 0 radical (unpaired) electrons. The zero-order valence-electron chi connectivity index (χ0n) is 12.9. The smallest absolute Gasteiger partial charge is 0.349 e. The normalized spacial score (nSPS) is 13.2. The quantitative estimate of drug-likeness (QED) is 0.691. The largest absolute Gasteiger partial charge is 0.422 e. The molecular formula is C17H17N3O2. The molecule has 22 heavy (non-hydrogen) atoms. The molecule has 112 valence electrons. The van der Waals surface area contributed by atoms with Crippen molar-refractivity contribution in [2.75, 3.05) is 5.73 Å². The van der Waals surface area contributed by atoms with Crippen molar-refractivity contribution in [3.05, 3.63) is 44.8 Å². The highest BCUT2D eigenvalue weighted by atomic mass is 16.4. The van der Waals surface area contributed by atoms with E-state index in [2.05, 4.69) is 31.1 Å². The third-order valence-corrected chi connectivity index (χ3v) is 4.52. The van der Waals surface area contributed by atoms with E-state index < -0.39 is 5.63 Å². The molecule has 0 amide bonds. The van der Waals surface area contributed by atoms with Crippen LogP contribution in [0.1, 0.15) is 22.3 Å². The molecule has 0 unspecified atom stereocenters. The van der Waals surface area contributed by atoms with E-state index in [1.807, 2.05) is 7.05 Å². The van der Waals surface area contributed by atoms with Crippen molar-refractivity contribution in [1.82, 2.24) is 9.78 Å². The minimum atomic E-state index is -0.411. The topological polar surface area (TPSA) is 74.1 Å². The van der Waals surface area contributed by atoms with Gasteiger partial charge in [0.15, 0.2) is 5.82 Å². The maximum absolute atomic E-state index is 12.4. The van der Waals surface area contributed by atoms with Crippen LogP contribution in [0.15, 0.2) is 21.3 Å². The van der Waals surface area contributed by atoms with Gasteiger partial charge in [0.2, 0.25) is 0 Å². The molecule has 0 saturated heterocycles. The molecule has 1 aliphatic carbocycles. The van der Waals surface area contributed by atoms with Gasteiger partial charge in [0.05, 0.1) is 5.52 Å². The van der Waals surface area contributed by atoms with Crippen LogP contribution in [-0.4, -0.2) is 9.78 Å². The molecule has 0 bridgehead atoms. The predicted molar refractivity (Wildman–Crippen MR) is 86.0 cm³/mol. The number of nitrogens with zero attached hydrogens (tertiary/aromatic N) is 2. The highest BCUT2D eigenvalue weighted by Gasteiger charge is 2.26. The predicted octanol–water partition coefficient (Wildman–Crippen LogP) is 2.49. The Morgan fingerprint density at radius 1 is 1.23 bits per heavy atom. The zero-order valence-corrected chi connectivity index (χ0v) is 12.9. The van der Waals surface area contributed by atoms with E-state index in [0.29, 0.717) is 11.1 Å². The van der Waals surface area contributed by atoms with Crippen molar-refractivity contribution in [2.45, 2.75) is 26.7 Å². The van der Waals surface area contributed by atoms with Crippen molar-refractivity contribution in [2.24, 2.45) is 7.05 Å². The van der Waals surface area contributed by atoms with Crippen molar-refractivity contribution >= 4 is 16.7 Å². The van der Waals surface area contributed by atoms with Gasteiger partial charge in [0.1, 0.15) is 11.1 Å². The summed E-state index contributed by atoms with van der Waals surface area (Å²) >= 11 is 0. The van der Waals surface area contributed by atoms with Gasteiger partial charge in [-0.05, 0) is 43.9 Å². The van der Waals surface area contributed by atoms with E-state index in [0.717, 1.165) is 35.0 Å². The van der Waals surface area contributed by atoms with Gasteiger partial charge < -0.3 is 10.2 Å². The lowest BCUT2D eigenvalue weighted by Crippen LogP contribution is -2.12. The Labute approximate surface area is 127 Å². The van der Waals surface area contributed by atoms with Gasteiger partial charge in [0.25, 0.3) is 0 Å². The monoisotopic (exact) mass is 295 g/mol. The first kappa shape index (κ1) is 13.1. The number of benzene rings is 1. The summed E-state index contributed by atoms with van der Waals surface area (Å²) in [7, 11) is 1.81. The maximum atomic E-state index is 12.4. The van der Waals surface area contributed by atoms with Gasteiger partial charge in [0, 0.05) is 18.2 Å².